The normalized spacial score (nSPS) is 19.7. The van der Waals surface area contributed by atoms with Gasteiger partial charge in [0, 0.05) is 18.8 Å². The lowest BCUT2D eigenvalue weighted by Crippen LogP contribution is -2.44. The van der Waals surface area contributed by atoms with Gasteiger partial charge in [-0.25, -0.2) is 0 Å². The van der Waals surface area contributed by atoms with E-state index >= 15 is 0 Å². The average Bonchev–Trinajstić information content (AvgIpc) is 3.01. The number of rotatable bonds is 3. The molecule has 2 aromatic rings. The number of hydrogen-bond donors (Lipinski definition) is 0. The van der Waals surface area contributed by atoms with Gasteiger partial charge in [-0.3, -0.25) is 9.69 Å². The highest BCUT2D eigenvalue weighted by Crippen LogP contribution is 2.43. The Labute approximate surface area is 154 Å². The second kappa shape index (κ2) is 6.93. The molecule has 2 aliphatic rings. The van der Waals surface area contributed by atoms with Crippen molar-refractivity contribution in [3.05, 3.63) is 65.7 Å². The molecule has 0 aromatic heterocycles. The third kappa shape index (κ3) is 3.11. The molecule has 4 heteroatoms. The molecule has 0 N–H and O–H groups in total. The van der Waals surface area contributed by atoms with Crippen LogP contribution in [-0.2, 0) is 11.3 Å². The number of nitrogens with zero attached hydrogens (tertiary/aromatic N) is 3. The van der Waals surface area contributed by atoms with Crippen LogP contribution >= 0.6 is 0 Å². The molecule has 4 nitrogen and oxygen atoms in total. The van der Waals surface area contributed by atoms with Gasteiger partial charge in [0.2, 0.25) is 5.91 Å². The van der Waals surface area contributed by atoms with E-state index in [1.165, 1.54) is 5.56 Å². The summed E-state index contributed by atoms with van der Waals surface area (Å²) in [7, 11) is 0. The fourth-order valence-corrected chi connectivity index (χ4v) is 4.23. The molecule has 0 unspecified atom stereocenters. The highest BCUT2D eigenvalue weighted by molar-refractivity contribution is 6.00. The number of likely N-dealkylation sites (tertiary alicyclic amines) is 1. The second-order valence-corrected chi connectivity index (χ2v) is 7.41. The summed E-state index contributed by atoms with van der Waals surface area (Å²) in [5.74, 6) is 0.265. The molecule has 0 saturated carbocycles. The molecule has 26 heavy (non-hydrogen) atoms. The topological polar surface area (TPSA) is 47.3 Å². The quantitative estimate of drug-likeness (QED) is 0.854. The molecule has 0 radical (unpaired) electrons. The maximum atomic E-state index is 13.1. The van der Waals surface area contributed by atoms with Crippen LogP contribution in [-0.4, -0.2) is 30.4 Å². The molecule has 2 aliphatic heterocycles. The van der Waals surface area contributed by atoms with Gasteiger partial charge in [-0.2, -0.15) is 5.26 Å². The Morgan fingerprint density at radius 1 is 0.923 bits per heavy atom. The van der Waals surface area contributed by atoms with Crippen molar-refractivity contribution in [2.24, 2.45) is 5.41 Å². The lowest BCUT2D eigenvalue weighted by Gasteiger charge is -2.38. The van der Waals surface area contributed by atoms with Crippen molar-refractivity contribution in [3.63, 3.8) is 0 Å². The van der Waals surface area contributed by atoms with Crippen LogP contribution in [0.3, 0.4) is 0 Å². The van der Waals surface area contributed by atoms with Gasteiger partial charge < -0.3 is 4.90 Å². The highest BCUT2D eigenvalue weighted by atomic mass is 16.2. The molecule has 0 bridgehead atoms. The molecular weight excluding hydrogens is 322 g/mol. The number of anilines is 1. The Morgan fingerprint density at radius 2 is 1.58 bits per heavy atom. The van der Waals surface area contributed by atoms with E-state index in [2.05, 4.69) is 35.2 Å². The Morgan fingerprint density at radius 3 is 2.23 bits per heavy atom. The minimum absolute atomic E-state index is 0.193. The van der Waals surface area contributed by atoms with Gasteiger partial charge in [0.1, 0.15) is 0 Å². The van der Waals surface area contributed by atoms with E-state index in [4.69, 9.17) is 5.26 Å². The van der Waals surface area contributed by atoms with Crippen molar-refractivity contribution in [3.8, 4) is 6.07 Å². The van der Waals surface area contributed by atoms with Crippen molar-refractivity contribution in [1.29, 1.82) is 5.26 Å². The van der Waals surface area contributed by atoms with E-state index in [1.54, 1.807) is 12.1 Å². The molecule has 132 valence electrons. The summed E-state index contributed by atoms with van der Waals surface area (Å²) in [4.78, 5) is 17.5. The van der Waals surface area contributed by atoms with E-state index in [0.717, 1.165) is 51.1 Å². The van der Waals surface area contributed by atoms with Crippen molar-refractivity contribution in [1.82, 2.24) is 4.90 Å². The first-order valence-corrected chi connectivity index (χ1v) is 9.29. The molecule has 4 rings (SSSR count). The summed E-state index contributed by atoms with van der Waals surface area (Å²) < 4.78 is 0. The smallest absolute Gasteiger partial charge is 0.233 e. The summed E-state index contributed by atoms with van der Waals surface area (Å²) in [6, 6.07) is 20.0. The third-order valence-corrected chi connectivity index (χ3v) is 5.88. The molecule has 2 saturated heterocycles. The molecule has 2 fully saturated rings. The van der Waals surface area contributed by atoms with Crippen LogP contribution in [0.15, 0.2) is 54.6 Å². The van der Waals surface area contributed by atoms with Crippen molar-refractivity contribution < 1.29 is 4.79 Å². The summed E-state index contributed by atoms with van der Waals surface area (Å²) in [5.41, 5.74) is 2.68. The van der Waals surface area contributed by atoms with Gasteiger partial charge in [-0.05, 0) is 62.2 Å². The lowest BCUT2D eigenvalue weighted by molar-refractivity contribution is -0.128. The number of carbonyl (C=O) groups is 1. The number of carbonyl (C=O) groups excluding carboxylic acids is 1. The maximum Gasteiger partial charge on any atom is 0.233 e. The van der Waals surface area contributed by atoms with Crippen LogP contribution in [0.2, 0.25) is 0 Å². The van der Waals surface area contributed by atoms with Gasteiger partial charge in [0.15, 0.2) is 0 Å². The highest BCUT2D eigenvalue weighted by Gasteiger charge is 2.48. The Bertz CT molecular complexity index is 815. The third-order valence-electron chi connectivity index (χ3n) is 5.88. The second-order valence-electron chi connectivity index (χ2n) is 7.41. The Kier molecular flexibility index (Phi) is 4.48. The summed E-state index contributed by atoms with van der Waals surface area (Å²) in [6.45, 7) is 3.69. The fraction of sp³-hybridized carbons (Fsp3) is 0.364. The predicted octanol–water partition coefficient (Wildman–Crippen LogP) is 3.58. The molecular formula is C22H23N3O. The van der Waals surface area contributed by atoms with Gasteiger partial charge in [-0.1, -0.05) is 30.3 Å². The number of piperidine rings is 1. The van der Waals surface area contributed by atoms with Crippen LogP contribution in [0.4, 0.5) is 5.69 Å². The van der Waals surface area contributed by atoms with E-state index in [0.29, 0.717) is 5.56 Å². The predicted molar refractivity (Wildman–Crippen MR) is 102 cm³/mol. The first-order valence-electron chi connectivity index (χ1n) is 9.29. The van der Waals surface area contributed by atoms with E-state index < -0.39 is 0 Å². The first kappa shape index (κ1) is 16.8. The Hall–Kier alpha value is -2.64. The average molecular weight is 345 g/mol. The van der Waals surface area contributed by atoms with Gasteiger partial charge in [0.05, 0.1) is 17.0 Å². The molecule has 2 aromatic carbocycles. The number of hydrogen-bond acceptors (Lipinski definition) is 3. The van der Waals surface area contributed by atoms with Crippen LogP contribution in [0, 0.1) is 16.7 Å². The lowest BCUT2D eigenvalue weighted by atomic mass is 9.77. The van der Waals surface area contributed by atoms with Gasteiger partial charge in [0.25, 0.3) is 0 Å². The van der Waals surface area contributed by atoms with Crippen LogP contribution in [0.1, 0.15) is 30.4 Å². The summed E-state index contributed by atoms with van der Waals surface area (Å²) in [5, 5.41) is 8.94. The number of benzene rings is 2. The molecule has 1 amide bonds. The zero-order valence-electron chi connectivity index (χ0n) is 14.9. The fourth-order valence-electron chi connectivity index (χ4n) is 4.23. The number of nitriles is 1. The number of amides is 1. The molecule has 0 aliphatic carbocycles. The van der Waals surface area contributed by atoms with Gasteiger partial charge in [-0.15, -0.1) is 0 Å². The maximum absolute atomic E-state index is 13.1. The van der Waals surface area contributed by atoms with Crippen LogP contribution < -0.4 is 4.90 Å². The monoisotopic (exact) mass is 345 g/mol. The van der Waals surface area contributed by atoms with Crippen LogP contribution in [0.5, 0.6) is 0 Å². The van der Waals surface area contributed by atoms with Crippen LogP contribution in [0.25, 0.3) is 0 Å². The van der Waals surface area contributed by atoms with E-state index in [9.17, 15) is 4.79 Å². The largest absolute Gasteiger partial charge is 0.312 e. The molecule has 1 spiro atoms. The standard InChI is InChI=1S/C22H23N3O/c23-16-18-6-8-20(9-7-18)25-15-12-22(21(25)26)10-13-24(14-11-22)17-19-4-2-1-3-5-19/h1-9H,10-15,17H2. The first-order chi connectivity index (χ1) is 12.7. The zero-order chi connectivity index (χ0) is 18.0. The Balaban J connectivity index is 1.41. The van der Waals surface area contributed by atoms with Crippen molar-refractivity contribution in [2.75, 3.05) is 24.5 Å². The van der Waals surface area contributed by atoms with E-state index in [1.807, 2.05) is 23.1 Å². The summed E-state index contributed by atoms with van der Waals surface area (Å²) in [6.07, 6.45) is 2.81. The van der Waals surface area contributed by atoms with E-state index in [-0.39, 0.29) is 11.3 Å². The molecule has 2 heterocycles. The SMILES string of the molecule is N#Cc1ccc(N2CCC3(CCN(Cc4ccccc4)CC3)C2=O)cc1. The summed E-state index contributed by atoms with van der Waals surface area (Å²) >= 11 is 0. The van der Waals surface area contributed by atoms with Crippen molar-refractivity contribution >= 4 is 11.6 Å². The van der Waals surface area contributed by atoms with Crippen molar-refractivity contribution in [2.45, 2.75) is 25.8 Å². The van der Waals surface area contributed by atoms with Gasteiger partial charge >= 0.3 is 0 Å². The molecule has 0 atom stereocenters. The minimum atomic E-state index is -0.193. The minimum Gasteiger partial charge on any atom is -0.312 e. The zero-order valence-corrected chi connectivity index (χ0v) is 14.9.